The molecule has 44 heavy (non-hydrogen) atoms. The van der Waals surface area contributed by atoms with Crippen molar-refractivity contribution in [1.29, 1.82) is 0 Å². The van der Waals surface area contributed by atoms with E-state index in [-0.39, 0.29) is 17.0 Å². The van der Waals surface area contributed by atoms with Crippen molar-refractivity contribution in [2.45, 2.75) is 57.3 Å². The summed E-state index contributed by atoms with van der Waals surface area (Å²) in [6.45, 7) is 0.752. The van der Waals surface area contributed by atoms with Gasteiger partial charge in [-0.2, -0.15) is 26.3 Å². The molecule has 1 unspecified atom stereocenters. The van der Waals surface area contributed by atoms with E-state index in [0.29, 0.717) is 20.3 Å². The summed E-state index contributed by atoms with van der Waals surface area (Å²) in [5.74, 6) is -3.32. The molecule has 10 nitrogen and oxygen atoms in total. The third-order valence-electron chi connectivity index (χ3n) is 6.18. The van der Waals surface area contributed by atoms with E-state index in [1.54, 1.807) is 0 Å². The highest BCUT2D eigenvalue weighted by Gasteiger charge is 2.36. The van der Waals surface area contributed by atoms with Gasteiger partial charge in [-0.1, -0.05) is 23.7 Å². The smallest absolute Gasteiger partial charge is 0.416 e. The van der Waals surface area contributed by atoms with E-state index in [1.807, 2.05) is 0 Å². The number of benzene rings is 2. The normalized spacial score (nSPS) is 12.9. The number of carbonyl (C=O) groups is 3. The lowest BCUT2D eigenvalue weighted by Gasteiger charge is -2.27. The van der Waals surface area contributed by atoms with E-state index in [9.17, 15) is 45.5 Å². The number of nitrogens with one attached hydrogen (secondary N) is 2. The second-order valence-corrected chi connectivity index (χ2v) is 10.5. The van der Waals surface area contributed by atoms with Gasteiger partial charge in [0.25, 0.3) is 0 Å². The number of hydrogen-bond acceptors (Lipinski definition) is 6. The summed E-state index contributed by atoms with van der Waals surface area (Å²) in [6, 6.07) is 7.29. The van der Waals surface area contributed by atoms with Gasteiger partial charge in [0.05, 0.1) is 19.1 Å². The van der Waals surface area contributed by atoms with Gasteiger partial charge in [-0.3, -0.25) is 14.2 Å². The SMILES string of the molecule is COC(=O)C(C)(C)NC(=O)C(NC(=O)Cn1nc(-c2ccc(Cl)cc2)n(CCC(F)(F)F)c1=O)c1cccc(C(F)(F)F)c1. The van der Waals surface area contributed by atoms with Crippen LogP contribution in [0.1, 0.15) is 37.4 Å². The van der Waals surface area contributed by atoms with Crippen molar-refractivity contribution in [3.05, 3.63) is 75.2 Å². The van der Waals surface area contributed by atoms with Gasteiger partial charge in [-0.05, 0) is 55.8 Å². The van der Waals surface area contributed by atoms with E-state index in [4.69, 9.17) is 11.6 Å². The monoisotopic (exact) mass is 649 g/mol. The Morgan fingerprint density at radius 1 is 1.02 bits per heavy atom. The molecule has 0 aliphatic carbocycles. The fourth-order valence-electron chi connectivity index (χ4n) is 4.02. The molecule has 2 aromatic carbocycles. The Kier molecular flexibility index (Phi) is 10.2. The molecule has 0 saturated heterocycles. The van der Waals surface area contributed by atoms with Crippen molar-refractivity contribution in [2.75, 3.05) is 7.11 Å². The maximum Gasteiger partial charge on any atom is 0.416 e. The Bertz CT molecular complexity index is 1580. The number of esters is 1. The number of aromatic nitrogens is 3. The van der Waals surface area contributed by atoms with Crippen LogP contribution >= 0.6 is 11.6 Å². The third-order valence-corrected chi connectivity index (χ3v) is 6.44. The summed E-state index contributed by atoms with van der Waals surface area (Å²) in [5.41, 5.74) is -4.02. The number of rotatable bonds is 10. The zero-order chi connectivity index (χ0) is 33.0. The number of alkyl halides is 6. The first kappa shape index (κ1) is 34.2. The summed E-state index contributed by atoms with van der Waals surface area (Å²) in [6.07, 6.45) is -10.8. The van der Waals surface area contributed by atoms with Crippen LogP contribution < -0.4 is 16.3 Å². The molecular formula is C27H26ClF6N5O5. The van der Waals surface area contributed by atoms with Gasteiger partial charge >= 0.3 is 24.0 Å². The van der Waals surface area contributed by atoms with Crippen LogP contribution in [0.15, 0.2) is 53.3 Å². The average molecular weight is 650 g/mol. The van der Waals surface area contributed by atoms with Gasteiger partial charge in [-0.15, -0.1) is 5.10 Å². The Labute approximate surface area is 250 Å². The fourth-order valence-corrected chi connectivity index (χ4v) is 4.15. The maximum atomic E-state index is 13.4. The first-order valence-corrected chi connectivity index (χ1v) is 13.1. The minimum atomic E-state index is -4.80. The molecule has 1 atom stereocenters. The minimum Gasteiger partial charge on any atom is -0.467 e. The van der Waals surface area contributed by atoms with Crippen LogP contribution in [0.5, 0.6) is 0 Å². The van der Waals surface area contributed by atoms with Gasteiger partial charge in [-0.25, -0.2) is 14.3 Å². The van der Waals surface area contributed by atoms with Crippen LogP contribution in [-0.4, -0.2) is 51.0 Å². The Hall–Kier alpha value is -4.34. The zero-order valence-corrected chi connectivity index (χ0v) is 24.1. The van der Waals surface area contributed by atoms with Crippen molar-refractivity contribution in [2.24, 2.45) is 0 Å². The molecule has 0 radical (unpaired) electrons. The molecule has 238 valence electrons. The van der Waals surface area contributed by atoms with E-state index in [1.165, 1.54) is 38.1 Å². The summed E-state index contributed by atoms with van der Waals surface area (Å²) in [7, 11) is 1.05. The Morgan fingerprint density at radius 3 is 2.23 bits per heavy atom. The molecule has 3 rings (SSSR count). The third kappa shape index (κ3) is 8.61. The topological polar surface area (TPSA) is 124 Å². The number of nitrogens with zero attached hydrogens (tertiary/aromatic N) is 3. The molecular weight excluding hydrogens is 624 g/mol. The number of methoxy groups -OCH3 is 1. The Balaban J connectivity index is 1.98. The van der Waals surface area contributed by atoms with Crippen LogP contribution in [0.4, 0.5) is 26.3 Å². The molecule has 3 aromatic rings. The van der Waals surface area contributed by atoms with Crippen LogP contribution in [0.2, 0.25) is 5.02 Å². The number of amides is 2. The highest BCUT2D eigenvalue weighted by atomic mass is 35.5. The van der Waals surface area contributed by atoms with E-state index in [2.05, 4.69) is 20.5 Å². The molecule has 1 heterocycles. The van der Waals surface area contributed by atoms with Crippen molar-refractivity contribution in [1.82, 2.24) is 25.0 Å². The molecule has 1 aromatic heterocycles. The van der Waals surface area contributed by atoms with E-state index < -0.39 is 72.5 Å². The molecule has 0 fully saturated rings. The van der Waals surface area contributed by atoms with Crippen LogP contribution in [0.25, 0.3) is 11.4 Å². The number of carbonyl (C=O) groups excluding carboxylic acids is 3. The number of ether oxygens (including phenoxy) is 1. The lowest BCUT2D eigenvalue weighted by Crippen LogP contribution is -2.54. The van der Waals surface area contributed by atoms with Crippen molar-refractivity contribution >= 4 is 29.4 Å². The second-order valence-electron chi connectivity index (χ2n) is 10.0. The van der Waals surface area contributed by atoms with Crippen molar-refractivity contribution < 1.29 is 45.5 Å². The van der Waals surface area contributed by atoms with Crippen LogP contribution in [0, 0.1) is 0 Å². The predicted molar refractivity (Wildman–Crippen MR) is 144 cm³/mol. The molecule has 0 spiro atoms. The average Bonchev–Trinajstić information content (AvgIpc) is 3.23. The standard InChI is InChI=1S/C27H26ClF6N5O5/c1-25(2,23(42)44-3)36-22(41)20(16-5-4-6-17(13-16)27(32,33)34)35-19(40)14-39-24(43)38(12-11-26(29,30)31)21(37-39)15-7-9-18(28)10-8-15/h4-10,13,20H,11-12,14H2,1-3H3,(H,35,40)(H,36,41). The molecule has 2 N–H and O–H groups in total. The van der Waals surface area contributed by atoms with Gasteiger partial charge in [0.1, 0.15) is 18.1 Å². The van der Waals surface area contributed by atoms with Gasteiger partial charge < -0.3 is 15.4 Å². The van der Waals surface area contributed by atoms with Gasteiger partial charge in [0.15, 0.2) is 5.82 Å². The summed E-state index contributed by atoms with van der Waals surface area (Å²) >= 11 is 5.87. The lowest BCUT2D eigenvalue weighted by molar-refractivity contribution is -0.149. The zero-order valence-electron chi connectivity index (χ0n) is 23.3. The fraction of sp³-hybridized carbons (Fsp3) is 0.370. The van der Waals surface area contributed by atoms with Gasteiger partial charge in [0, 0.05) is 17.1 Å². The summed E-state index contributed by atoms with van der Waals surface area (Å²) < 4.78 is 85.1. The van der Waals surface area contributed by atoms with E-state index in [0.717, 1.165) is 25.3 Å². The first-order valence-electron chi connectivity index (χ1n) is 12.7. The van der Waals surface area contributed by atoms with E-state index >= 15 is 0 Å². The first-order chi connectivity index (χ1) is 20.3. The second kappa shape index (κ2) is 13.1. The molecule has 0 aliphatic rings. The van der Waals surface area contributed by atoms with Crippen LogP contribution in [-0.2, 0) is 38.4 Å². The molecule has 0 bridgehead atoms. The summed E-state index contributed by atoms with van der Waals surface area (Å²) in [4.78, 5) is 51.5. The quantitative estimate of drug-likeness (QED) is 0.250. The predicted octanol–water partition coefficient (Wildman–Crippen LogP) is 4.26. The van der Waals surface area contributed by atoms with Gasteiger partial charge in [0.2, 0.25) is 11.8 Å². The van der Waals surface area contributed by atoms with Crippen molar-refractivity contribution in [3.63, 3.8) is 0 Å². The molecule has 17 heteroatoms. The number of hydrogen-bond donors (Lipinski definition) is 2. The lowest BCUT2D eigenvalue weighted by atomic mass is 10.00. The number of halogens is 7. The largest absolute Gasteiger partial charge is 0.467 e. The molecule has 0 aliphatic heterocycles. The molecule has 0 saturated carbocycles. The van der Waals surface area contributed by atoms with Crippen LogP contribution in [0.3, 0.4) is 0 Å². The maximum absolute atomic E-state index is 13.4. The molecule has 2 amide bonds. The highest BCUT2D eigenvalue weighted by Crippen LogP contribution is 2.31. The highest BCUT2D eigenvalue weighted by molar-refractivity contribution is 6.30. The summed E-state index contributed by atoms with van der Waals surface area (Å²) in [5, 5.41) is 8.82. The Morgan fingerprint density at radius 2 is 1.66 bits per heavy atom. The minimum absolute atomic E-state index is 0.207. The van der Waals surface area contributed by atoms with Crippen molar-refractivity contribution in [3.8, 4) is 11.4 Å².